The van der Waals surface area contributed by atoms with Crippen molar-refractivity contribution >= 4 is 11.5 Å². The van der Waals surface area contributed by atoms with Crippen molar-refractivity contribution in [3.8, 4) is 0 Å². The van der Waals surface area contributed by atoms with Gasteiger partial charge in [0.1, 0.15) is 5.82 Å². The molecule has 11 heteroatoms. The number of aryl methyl sites for hydroxylation is 1. The Bertz CT molecular complexity index is 1050. The van der Waals surface area contributed by atoms with Crippen LogP contribution in [0.15, 0.2) is 29.5 Å². The number of anilines is 1. The van der Waals surface area contributed by atoms with Crippen LogP contribution in [0.2, 0.25) is 0 Å². The summed E-state index contributed by atoms with van der Waals surface area (Å²) in [6.45, 7) is 3.59. The second-order valence-electron chi connectivity index (χ2n) is 6.95. The molecule has 0 spiro atoms. The first-order valence-corrected chi connectivity index (χ1v) is 8.88. The van der Waals surface area contributed by atoms with Gasteiger partial charge in [0, 0.05) is 31.4 Å². The fraction of sp³-hybridized carbons (Fsp3) is 0.471. The molecule has 3 aromatic rings. The van der Waals surface area contributed by atoms with Gasteiger partial charge in [-0.25, -0.2) is 4.98 Å². The minimum Gasteiger partial charge on any atom is -0.355 e. The van der Waals surface area contributed by atoms with Gasteiger partial charge < -0.3 is 4.90 Å². The lowest BCUT2D eigenvalue weighted by atomic mass is 9.96. The molecule has 0 aromatic carbocycles. The van der Waals surface area contributed by atoms with E-state index in [4.69, 9.17) is 0 Å². The number of fused-ring (bicyclic) bond motifs is 1. The minimum absolute atomic E-state index is 0.0446. The molecule has 0 bridgehead atoms. The molecule has 4 heterocycles. The molecule has 1 aliphatic rings. The summed E-state index contributed by atoms with van der Waals surface area (Å²) in [5.74, 6) is -0.391. The van der Waals surface area contributed by atoms with E-state index in [0.29, 0.717) is 36.9 Å². The van der Waals surface area contributed by atoms with E-state index in [-0.39, 0.29) is 11.2 Å². The molecular weight excluding hydrogens is 375 g/mol. The summed E-state index contributed by atoms with van der Waals surface area (Å²) in [6.07, 6.45) is 0.0707. The van der Waals surface area contributed by atoms with Gasteiger partial charge >= 0.3 is 6.18 Å². The smallest absolute Gasteiger partial charge is 0.355 e. The Morgan fingerprint density at radius 3 is 2.64 bits per heavy atom. The lowest BCUT2D eigenvalue weighted by Gasteiger charge is -2.32. The van der Waals surface area contributed by atoms with E-state index in [1.807, 2.05) is 4.90 Å². The third kappa shape index (κ3) is 3.43. The molecule has 4 rings (SSSR count). The molecular formula is C17H18F3N7O. The summed E-state index contributed by atoms with van der Waals surface area (Å²) < 4.78 is 41.5. The number of piperidine rings is 1. The largest absolute Gasteiger partial charge is 0.453 e. The maximum absolute atomic E-state index is 13.0. The zero-order valence-corrected chi connectivity index (χ0v) is 15.1. The number of nitrogens with zero attached hydrogens (tertiary/aromatic N) is 7. The van der Waals surface area contributed by atoms with Crippen LogP contribution >= 0.6 is 0 Å². The lowest BCUT2D eigenvalue weighted by Crippen LogP contribution is -2.37. The van der Waals surface area contributed by atoms with Crippen LogP contribution in [0.5, 0.6) is 0 Å². The molecule has 0 N–H and O–H groups in total. The molecule has 0 unspecified atom stereocenters. The van der Waals surface area contributed by atoms with Crippen LogP contribution in [0.1, 0.15) is 24.2 Å². The van der Waals surface area contributed by atoms with Gasteiger partial charge in [-0.1, -0.05) is 0 Å². The summed E-state index contributed by atoms with van der Waals surface area (Å²) in [7, 11) is 0. The van der Waals surface area contributed by atoms with Gasteiger partial charge in [-0.2, -0.15) is 17.7 Å². The predicted octanol–water partition coefficient (Wildman–Crippen LogP) is 1.92. The average Bonchev–Trinajstić information content (AvgIpc) is 3.10. The topological polar surface area (TPSA) is 81.2 Å². The van der Waals surface area contributed by atoms with Gasteiger partial charge in [0.2, 0.25) is 0 Å². The minimum atomic E-state index is -4.62. The van der Waals surface area contributed by atoms with Crippen LogP contribution in [0.4, 0.5) is 19.0 Å². The molecule has 0 saturated carbocycles. The molecule has 1 fully saturated rings. The molecule has 1 aliphatic heterocycles. The standard InChI is InChI=1S/C17H18F3N7O/c1-11-8-21-10-26(15(11)28)9-12-4-6-25(7-5-12)14-3-2-13-22-23-16(17(18,19)20)27(13)24-14/h2-3,8,10,12H,4-7,9H2,1H3. The van der Waals surface area contributed by atoms with Crippen molar-refractivity contribution in [3.05, 3.63) is 46.4 Å². The Morgan fingerprint density at radius 2 is 1.93 bits per heavy atom. The monoisotopic (exact) mass is 393 g/mol. The highest BCUT2D eigenvalue weighted by atomic mass is 19.4. The Morgan fingerprint density at radius 1 is 1.18 bits per heavy atom. The van der Waals surface area contributed by atoms with E-state index in [1.54, 1.807) is 30.1 Å². The van der Waals surface area contributed by atoms with Crippen molar-refractivity contribution in [2.24, 2.45) is 5.92 Å². The number of hydrogen-bond donors (Lipinski definition) is 0. The van der Waals surface area contributed by atoms with E-state index in [1.165, 1.54) is 6.07 Å². The highest BCUT2D eigenvalue weighted by Gasteiger charge is 2.37. The molecule has 1 saturated heterocycles. The van der Waals surface area contributed by atoms with Crippen LogP contribution in [-0.2, 0) is 12.7 Å². The third-order valence-corrected chi connectivity index (χ3v) is 4.97. The van der Waals surface area contributed by atoms with Gasteiger partial charge in [0.05, 0.1) is 6.33 Å². The van der Waals surface area contributed by atoms with Crippen LogP contribution in [0.25, 0.3) is 5.65 Å². The summed E-state index contributed by atoms with van der Waals surface area (Å²) in [5.41, 5.74) is 0.612. The molecule has 0 aliphatic carbocycles. The van der Waals surface area contributed by atoms with Crippen LogP contribution < -0.4 is 10.5 Å². The van der Waals surface area contributed by atoms with Gasteiger partial charge in [0.25, 0.3) is 11.4 Å². The van der Waals surface area contributed by atoms with Crippen molar-refractivity contribution < 1.29 is 13.2 Å². The van der Waals surface area contributed by atoms with Crippen LogP contribution in [-0.4, -0.2) is 42.5 Å². The summed E-state index contributed by atoms with van der Waals surface area (Å²) in [6, 6.07) is 3.13. The van der Waals surface area contributed by atoms with Crippen molar-refractivity contribution in [3.63, 3.8) is 0 Å². The zero-order valence-electron chi connectivity index (χ0n) is 15.1. The first-order chi connectivity index (χ1) is 13.3. The zero-order chi connectivity index (χ0) is 19.9. The van der Waals surface area contributed by atoms with Crippen LogP contribution in [0, 0.1) is 12.8 Å². The van der Waals surface area contributed by atoms with Gasteiger partial charge in [-0.3, -0.25) is 9.36 Å². The average molecular weight is 393 g/mol. The van der Waals surface area contributed by atoms with E-state index >= 15 is 0 Å². The molecule has 28 heavy (non-hydrogen) atoms. The summed E-state index contributed by atoms with van der Waals surface area (Å²) in [4.78, 5) is 18.1. The molecule has 0 amide bonds. The first-order valence-electron chi connectivity index (χ1n) is 8.88. The van der Waals surface area contributed by atoms with E-state index in [9.17, 15) is 18.0 Å². The Hall–Kier alpha value is -2.98. The maximum Gasteiger partial charge on any atom is 0.453 e. The van der Waals surface area contributed by atoms with E-state index < -0.39 is 12.0 Å². The first kappa shape index (κ1) is 18.4. The van der Waals surface area contributed by atoms with Gasteiger partial charge in [0.15, 0.2) is 5.65 Å². The lowest BCUT2D eigenvalue weighted by molar-refractivity contribution is -0.146. The van der Waals surface area contributed by atoms with E-state index in [0.717, 1.165) is 17.4 Å². The Balaban J connectivity index is 1.48. The Labute approximate surface area is 157 Å². The fourth-order valence-corrected chi connectivity index (χ4v) is 3.44. The summed E-state index contributed by atoms with van der Waals surface area (Å²) in [5, 5.41) is 10.8. The number of alkyl halides is 3. The SMILES string of the molecule is Cc1cncn(CC2CCN(c3ccc4nnc(C(F)(F)F)n4n3)CC2)c1=O. The van der Waals surface area contributed by atoms with Crippen molar-refractivity contribution in [2.75, 3.05) is 18.0 Å². The van der Waals surface area contributed by atoms with Gasteiger partial charge in [-0.15, -0.1) is 15.3 Å². The Kier molecular flexibility index (Phi) is 4.52. The van der Waals surface area contributed by atoms with Crippen molar-refractivity contribution in [2.45, 2.75) is 32.5 Å². The fourth-order valence-electron chi connectivity index (χ4n) is 3.44. The molecule has 8 nitrogen and oxygen atoms in total. The second kappa shape index (κ2) is 6.88. The highest BCUT2D eigenvalue weighted by Crippen LogP contribution is 2.28. The number of halogens is 3. The normalized spacial score (nSPS) is 16.1. The third-order valence-electron chi connectivity index (χ3n) is 4.97. The summed E-state index contributed by atoms with van der Waals surface area (Å²) >= 11 is 0. The van der Waals surface area contributed by atoms with Gasteiger partial charge in [-0.05, 0) is 37.8 Å². The van der Waals surface area contributed by atoms with E-state index in [2.05, 4.69) is 20.3 Å². The quantitative estimate of drug-likeness (QED) is 0.676. The van der Waals surface area contributed by atoms with Crippen molar-refractivity contribution in [1.29, 1.82) is 0 Å². The second-order valence-corrected chi connectivity index (χ2v) is 6.95. The number of aromatic nitrogens is 6. The van der Waals surface area contributed by atoms with Crippen molar-refractivity contribution in [1.82, 2.24) is 29.4 Å². The number of rotatable bonds is 3. The molecule has 0 radical (unpaired) electrons. The molecule has 3 aromatic heterocycles. The predicted molar refractivity (Wildman–Crippen MR) is 94.0 cm³/mol. The molecule has 148 valence electrons. The maximum atomic E-state index is 13.0. The van der Waals surface area contributed by atoms with Crippen LogP contribution in [0.3, 0.4) is 0 Å². The molecule has 0 atom stereocenters. The highest BCUT2D eigenvalue weighted by molar-refractivity contribution is 5.46. The number of hydrogen-bond acceptors (Lipinski definition) is 6.